The molecule has 0 spiro atoms. The molecule has 2 N–H and O–H groups in total. The molecule has 0 aliphatic carbocycles. The summed E-state index contributed by atoms with van der Waals surface area (Å²) < 4.78 is 16.0. The largest absolute Gasteiger partial charge is 0.493 e. The molecule has 0 radical (unpaired) electrons. The maximum atomic E-state index is 6.32. The van der Waals surface area contributed by atoms with Gasteiger partial charge >= 0.3 is 0 Å². The highest BCUT2D eigenvalue weighted by Crippen LogP contribution is 2.31. The highest BCUT2D eigenvalue weighted by molar-refractivity contribution is 6.06. The van der Waals surface area contributed by atoms with Crippen molar-refractivity contribution in [3.63, 3.8) is 0 Å². The number of fused-ring (bicyclic) bond motifs is 3. The molecule has 0 aliphatic heterocycles. The molecule has 0 aliphatic rings. The molecule has 0 fully saturated rings. The first-order valence-corrected chi connectivity index (χ1v) is 11.0. The molecular weight excluding hydrogens is 390 g/mol. The number of nitrogens with zero attached hydrogens (tertiary/aromatic N) is 4. The van der Waals surface area contributed by atoms with Crippen LogP contribution < -0.4 is 10.5 Å². The van der Waals surface area contributed by atoms with Gasteiger partial charge in [-0.1, -0.05) is 13.8 Å². The highest BCUT2D eigenvalue weighted by atomic mass is 16.5. The van der Waals surface area contributed by atoms with Crippen molar-refractivity contribution >= 4 is 27.8 Å². The number of benzene rings is 1. The minimum absolute atomic E-state index is 0.438. The summed E-state index contributed by atoms with van der Waals surface area (Å²) in [7, 11) is 0. The molecule has 0 unspecified atom stereocenters. The van der Waals surface area contributed by atoms with Crippen LogP contribution in [0.3, 0.4) is 0 Å². The molecule has 0 amide bonds. The summed E-state index contributed by atoms with van der Waals surface area (Å²) in [4.78, 5) is 9.40. The van der Waals surface area contributed by atoms with Gasteiger partial charge in [0.05, 0.1) is 17.6 Å². The van der Waals surface area contributed by atoms with Gasteiger partial charge in [-0.05, 0) is 43.5 Å². The summed E-state index contributed by atoms with van der Waals surface area (Å²) in [5, 5.41) is 1.03. The van der Waals surface area contributed by atoms with Crippen LogP contribution in [-0.2, 0) is 24.4 Å². The third kappa shape index (κ3) is 4.66. The van der Waals surface area contributed by atoms with Crippen LogP contribution >= 0.6 is 0 Å². The molecular formula is C24H31N5O2. The van der Waals surface area contributed by atoms with Gasteiger partial charge in [0.2, 0.25) is 0 Å². The normalized spacial score (nSPS) is 11.7. The zero-order valence-electron chi connectivity index (χ0n) is 18.5. The van der Waals surface area contributed by atoms with E-state index in [-0.39, 0.29) is 0 Å². The van der Waals surface area contributed by atoms with Crippen molar-refractivity contribution < 1.29 is 9.47 Å². The summed E-state index contributed by atoms with van der Waals surface area (Å²) in [6, 6.07) is 10.1. The van der Waals surface area contributed by atoms with E-state index in [1.54, 1.807) is 0 Å². The fourth-order valence-corrected chi connectivity index (χ4v) is 3.85. The molecule has 0 saturated carbocycles. The van der Waals surface area contributed by atoms with Crippen LogP contribution in [-0.4, -0.2) is 32.3 Å². The summed E-state index contributed by atoms with van der Waals surface area (Å²) in [6.45, 7) is 9.90. The standard InChI is InChI=1S/C24H31N5O2/c1-4-30-16-21-27-22-23(29(21)15-17(2)3)19-9-8-18(14-20(19)26-24(22)25)31-13-7-12-28-10-5-6-11-28/h5-6,8-11,14,17H,4,7,12-13,15-16H2,1-3H3,(H2,25,26). The first-order valence-electron chi connectivity index (χ1n) is 11.0. The van der Waals surface area contributed by atoms with Crippen LogP contribution in [0.5, 0.6) is 5.75 Å². The van der Waals surface area contributed by atoms with E-state index >= 15 is 0 Å². The van der Waals surface area contributed by atoms with Crippen LogP contribution in [0.15, 0.2) is 42.7 Å². The van der Waals surface area contributed by atoms with E-state index in [9.17, 15) is 0 Å². The lowest BCUT2D eigenvalue weighted by Crippen LogP contribution is -2.10. The van der Waals surface area contributed by atoms with E-state index in [0.717, 1.165) is 53.0 Å². The summed E-state index contributed by atoms with van der Waals surface area (Å²) in [5.74, 6) is 2.59. The summed E-state index contributed by atoms with van der Waals surface area (Å²) >= 11 is 0. The van der Waals surface area contributed by atoms with Gasteiger partial charge in [-0.3, -0.25) is 0 Å². The fraction of sp³-hybridized carbons (Fsp3) is 0.417. The number of hydrogen-bond acceptors (Lipinski definition) is 5. The van der Waals surface area contributed by atoms with Crippen LogP contribution in [0.4, 0.5) is 5.82 Å². The molecule has 3 heterocycles. The Morgan fingerprint density at radius 2 is 1.94 bits per heavy atom. The average Bonchev–Trinajstić information content (AvgIpc) is 3.38. The van der Waals surface area contributed by atoms with Crippen LogP contribution in [0, 0.1) is 5.92 Å². The predicted octanol–water partition coefficient (Wildman–Crippen LogP) is 4.63. The zero-order valence-corrected chi connectivity index (χ0v) is 18.5. The van der Waals surface area contributed by atoms with Crippen molar-refractivity contribution in [1.82, 2.24) is 19.1 Å². The number of pyridine rings is 1. The number of nitrogen functional groups attached to an aromatic ring is 1. The molecule has 164 valence electrons. The van der Waals surface area contributed by atoms with Crippen LogP contribution in [0.25, 0.3) is 21.9 Å². The second kappa shape index (κ2) is 9.39. The van der Waals surface area contributed by atoms with Crippen molar-refractivity contribution in [2.45, 2.75) is 46.9 Å². The number of nitrogens with two attached hydrogens (primary N) is 1. The van der Waals surface area contributed by atoms with E-state index in [2.05, 4.69) is 46.4 Å². The molecule has 7 nitrogen and oxygen atoms in total. The van der Waals surface area contributed by atoms with Gasteiger partial charge in [0, 0.05) is 43.5 Å². The van der Waals surface area contributed by atoms with E-state index in [0.29, 0.717) is 31.6 Å². The Morgan fingerprint density at radius 1 is 1.13 bits per heavy atom. The molecule has 1 aromatic carbocycles. The Bertz CT molecular complexity index is 1150. The molecule has 0 saturated heterocycles. The van der Waals surface area contributed by atoms with Gasteiger partial charge < -0.3 is 24.3 Å². The van der Waals surface area contributed by atoms with Gasteiger partial charge in [-0.25, -0.2) is 9.97 Å². The smallest absolute Gasteiger partial charge is 0.152 e. The van der Waals surface area contributed by atoms with Crippen molar-refractivity contribution in [1.29, 1.82) is 0 Å². The second-order valence-corrected chi connectivity index (χ2v) is 8.17. The van der Waals surface area contributed by atoms with Crippen LogP contribution in [0.1, 0.15) is 33.0 Å². The minimum Gasteiger partial charge on any atom is -0.493 e. The first kappa shape index (κ1) is 21.2. The van der Waals surface area contributed by atoms with E-state index in [1.807, 2.05) is 31.2 Å². The molecule has 4 aromatic rings. The predicted molar refractivity (Wildman–Crippen MR) is 124 cm³/mol. The maximum Gasteiger partial charge on any atom is 0.152 e. The number of imidazole rings is 1. The Labute approximate surface area is 182 Å². The van der Waals surface area contributed by atoms with E-state index in [1.165, 1.54) is 0 Å². The molecule has 0 atom stereocenters. The lowest BCUT2D eigenvalue weighted by Gasteiger charge is -2.13. The topological polar surface area (TPSA) is 80.1 Å². The third-order valence-corrected chi connectivity index (χ3v) is 5.23. The zero-order chi connectivity index (χ0) is 21.8. The average molecular weight is 422 g/mol. The molecule has 31 heavy (non-hydrogen) atoms. The fourth-order valence-electron chi connectivity index (χ4n) is 3.85. The molecule has 3 aromatic heterocycles. The second-order valence-electron chi connectivity index (χ2n) is 8.17. The number of ether oxygens (including phenoxy) is 2. The number of hydrogen-bond donors (Lipinski definition) is 1. The van der Waals surface area contributed by atoms with Gasteiger partial charge in [0.1, 0.15) is 23.7 Å². The molecule has 7 heteroatoms. The number of aromatic nitrogens is 4. The maximum absolute atomic E-state index is 6.32. The monoisotopic (exact) mass is 421 g/mol. The van der Waals surface area contributed by atoms with Crippen molar-refractivity contribution in [2.24, 2.45) is 5.92 Å². The Morgan fingerprint density at radius 3 is 2.68 bits per heavy atom. The SMILES string of the molecule is CCOCc1nc2c(N)nc3cc(OCCCn4cccc4)ccc3c2n1CC(C)C. The van der Waals surface area contributed by atoms with Crippen molar-refractivity contribution in [3.05, 3.63) is 48.5 Å². The van der Waals surface area contributed by atoms with Gasteiger partial charge in [-0.2, -0.15) is 0 Å². The summed E-state index contributed by atoms with van der Waals surface area (Å²) in [6.07, 6.45) is 5.06. The number of anilines is 1. The lowest BCUT2D eigenvalue weighted by atomic mass is 10.1. The minimum atomic E-state index is 0.438. The van der Waals surface area contributed by atoms with Crippen molar-refractivity contribution in [2.75, 3.05) is 18.9 Å². The first-order chi connectivity index (χ1) is 15.1. The molecule has 0 bridgehead atoms. The lowest BCUT2D eigenvalue weighted by molar-refractivity contribution is 0.125. The van der Waals surface area contributed by atoms with E-state index in [4.69, 9.17) is 20.2 Å². The van der Waals surface area contributed by atoms with E-state index < -0.39 is 0 Å². The highest BCUT2D eigenvalue weighted by Gasteiger charge is 2.18. The number of rotatable bonds is 10. The third-order valence-electron chi connectivity index (χ3n) is 5.23. The van der Waals surface area contributed by atoms with Gasteiger partial charge in [0.25, 0.3) is 0 Å². The summed E-state index contributed by atoms with van der Waals surface area (Å²) in [5.41, 5.74) is 8.90. The van der Waals surface area contributed by atoms with Gasteiger partial charge in [-0.15, -0.1) is 0 Å². The van der Waals surface area contributed by atoms with Crippen LogP contribution in [0.2, 0.25) is 0 Å². The quantitative estimate of drug-likeness (QED) is 0.378. The Balaban J connectivity index is 1.63. The van der Waals surface area contributed by atoms with Crippen molar-refractivity contribution in [3.8, 4) is 5.75 Å². The molecule has 4 rings (SSSR count). The Kier molecular flexibility index (Phi) is 6.42. The van der Waals surface area contributed by atoms with Gasteiger partial charge in [0.15, 0.2) is 5.82 Å². The Hall–Kier alpha value is -3.06. The number of aryl methyl sites for hydroxylation is 1.